The van der Waals surface area contributed by atoms with Crippen molar-refractivity contribution < 1.29 is 5.11 Å². The van der Waals surface area contributed by atoms with E-state index in [0.29, 0.717) is 12.0 Å². The average Bonchev–Trinajstić information content (AvgIpc) is 2.22. The van der Waals surface area contributed by atoms with Gasteiger partial charge in [0.25, 0.3) is 0 Å². The highest BCUT2D eigenvalue weighted by Crippen LogP contribution is 2.43. The van der Waals surface area contributed by atoms with Crippen molar-refractivity contribution in [2.75, 3.05) is 0 Å². The van der Waals surface area contributed by atoms with Gasteiger partial charge in [-0.2, -0.15) is 0 Å². The first kappa shape index (κ1) is 5.69. The quantitative estimate of drug-likeness (QED) is 0.485. The molecule has 0 aromatic rings. The molecule has 2 nitrogen and oxygen atoms in total. The molecule has 4 atom stereocenters. The zero-order chi connectivity index (χ0) is 6.43. The summed E-state index contributed by atoms with van der Waals surface area (Å²) in [5.41, 5.74) is 5.75. The van der Waals surface area contributed by atoms with Crippen molar-refractivity contribution in [2.24, 2.45) is 17.6 Å². The smallest absolute Gasteiger partial charge is 0.0585 e. The van der Waals surface area contributed by atoms with Crippen molar-refractivity contribution in [1.29, 1.82) is 0 Å². The largest absolute Gasteiger partial charge is 0.393 e. The van der Waals surface area contributed by atoms with Crippen molar-refractivity contribution >= 4 is 0 Å². The van der Waals surface area contributed by atoms with Crippen LogP contribution in [0.3, 0.4) is 0 Å². The van der Waals surface area contributed by atoms with Gasteiger partial charge < -0.3 is 10.8 Å². The Balaban J connectivity index is 2.13. The molecule has 0 aromatic heterocycles. The summed E-state index contributed by atoms with van der Waals surface area (Å²) in [5.74, 6) is 1.19. The minimum Gasteiger partial charge on any atom is -0.393 e. The molecule has 0 aliphatic heterocycles. The van der Waals surface area contributed by atoms with Gasteiger partial charge in [-0.15, -0.1) is 0 Å². The SMILES string of the molecule is N[C@H]1C[C@@H]2C[C@H]1[C@H](O)C2. The second kappa shape index (κ2) is 1.70. The average molecular weight is 127 g/mol. The fourth-order valence-electron chi connectivity index (χ4n) is 2.37. The fraction of sp³-hybridized carbons (Fsp3) is 1.00. The maximum absolute atomic E-state index is 9.31. The number of hydrogen-bond donors (Lipinski definition) is 2. The van der Waals surface area contributed by atoms with Gasteiger partial charge in [0.1, 0.15) is 0 Å². The zero-order valence-corrected chi connectivity index (χ0v) is 5.46. The molecule has 0 spiro atoms. The third-order valence-electron chi connectivity index (χ3n) is 2.83. The van der Waals surface area contributed by atoms with Gasteiger partial charge in [-0.3, -0.25) is 0 Å². The Morgan fingerprint density at radius 3 is 2.33 bits per heavy atom. The molecule has 2 saturated carbocycles. The summed E-state index contributed by atoms with van der Waals surface area (Å²) < 4.78 is 0. The fourth-order valence-corrected chi connectivity index (χ4v) is 2.37. The molecule has 0 amide bonds. The van der Waals surface area contributed by atoms with Gasteiger partial charge in [-0.05, 0) is 25.2 Å². The van der Waals surface area contributed by atoms with Crippen LogP contribution >= 0.6 is 0 Å². The van der Waals surface area contributed by atoms with Gasteiger partial charge in [-0.1, -0.05) is 0 Å². The van der Waals surface area contributed by atoms with Crippen LogP contribution in [0.25, 0.3) is 0 Å². The maximum Gasteiger partial charge on any atom is 0.0585 e. The summed E-state index contributed by atoms with van der Waals surface area (Å²) in [7, 11) is 0. The molecule has 2 bridgehead atoms. The van der Waals surface area contributed by atoms with Crippen LogP contribution in [0.4, 0.5) is 0 Å². The molecule has 52 valence electrons. The molecule has 2 aliphatic rings. The van der Waals surface area contributed by atoms with Crippen LogP contribution in [0.2, 0.25) is 0 Å². The lowest BCUT2D eigenvalue weighted by Crippen LogP contribution is -2.34. The van der Waals surface area contributed by atoms with Crippen LogP contribution in [0.5, 0.6) is 0 Å². The Morgan fingerprint density at radius 2 is 2.00 bits per heavy atom. The normalized spacial score (nSPS) is 56.7. The standard InChI is InChI=1S/C7H13NO/c8-6-2-4-1-5(6)7(9)3-4/h4-7,9H,1-3,8H2/t4-,5+,6-,7+/m0/s1. The molecule has 2 fully saturated rings. The summed E-state index contributed by atoms with van der Waals surface area (Å²) in [5, 5.41) is 9.31. The number of aliphatic hydroxyl groups is 1. The van der Waals surface area contributed by atoms with Crippen LogP contribution in [-0.4, -0.2) is 17.3 Å². The molecular weight excluding hydrogens is 114 g/mol. The van der Waals surface area contributed by atoms with E-state index >= 15 is 0 Å². The van der Waals surface area contributed by atoms with Gasteiger partial charge in [0.05, 0.1) is 6.10 Å². The molecule has 3 N–H and O–H groups in total. The molecule has 9 heavy (non-hydrogen) atoms. The van der Waals surface area contributed by atoms with E-state index in [-0.39, 0.29) is 6.10 Å². The van der Waals surface area contributed by atoms with Gasteiger partial charge in [0.2, 0.25) is 0 Å². The highest BCUT2D eigenvalue weighted by Gasteiger charge is 2.43. The molecule has 2 heteroatoms. The maximum atomic E-state index is 9.31. The Kier molecular flexibility index (Phi) is 1.08. The van der Waals surface area contributed by atoms with E-state index in [9.17, 15) is 5.11 Å². The lowest BCUT2D eigenvalue weighted by molar-refractivity contribution is 0.103. The summed E-state index contributed by atoms with van der Waals surface area (Å²) in [6, 6.07) is 0.304. The summed E-state index contributed by atoms with van der Waals surface area (Å²) in [4.78, 5) is 0. The molecule has 2 aliphatic carbocycles. The van der Waals surface area contributed by atoms with Crippen molar-refractivity contribution in [3.63, 3.8) is 0 Å². The van der Waals surface area contributed by atoms with Crippen LogP contribution in [0.1, 0.15) is 19.3 Å². The minimum atomic E-state index is -0.0706. The number of nitrogens with two attached hydrogens (primary N) is 1. The molecular formula is C7H13NO. The van der Waals surface area contributed by atoms with E-state index in [2.05, 4.69) is 0 Å². The van der Waals surface area contributed by atoms with Crippen molar-refractivity contribution in [1.82, 2.24) is 0 Å². The lowest BCUT2D eigenvalue weighted by Gasteiger charge is -2.21. The molecule has 0 unspecified atom stereocenters. The van der Waals surface area contributed by atoms with E-state index in [0.717, 1.165) is 18.8 Å². The number of fused-ring (bicyclic) bond motifs is 2. The molecule has 0 radical (unpaired) electrons. The topological polar surface area (TPSA) is 46.2 Å². The summed E-state index contributed by atoms with van der Waals surface area (Å²) >= 11 is 0. The first-order valence-corrected chi connectivity index (χ1v) is 3.71. The van der Waals surface area contributed by atoms with Crippen molar-refractivity contribution in [3.05, 3.63) is 0 Å². The van der Waals surface area contributed by atoms with Gasteiger partial charge in [0.15, 0.2) is 0 Å². The van der Waals surface area contributed by atoms with Crippen LogP contribution in [0.15, 0.2) is 0 Å². The molecule has 0 saturated heterocycles. The van der Waals surface area contributed by atoms with Gasteiger partial charge >= 0.3 is 0 Å². The number of rotatable bonds is 0. The van der Waals surface area contributed by atoms with E-state index in [1.807, 2.05) is 0 Å². The summed E-state index contributed by atoms with van der Waals surface area (Å²) in [6.07, 6.45) is 3.28. The predicted octanol–water partition coefficient (Wildman–Crippen LogP) is 0.104. The second-order valence-electron chi connectivity index (χ2n) is 3.47. The van der Waals surface area contributed by atoms with E-state index in [4.69, 9.17) is 5.73 Å². The highest BCUT2D eigenvalue weighted by molar-refractivity contribution is 4.97. The third kappa shape index (κ3) is 0.700. The first-order chi connectivity index (χ1) is 4.27. The van der Waals surface area contributed by atoms with Gasteiger partial charge in [0, 0.05) is 12.0 Å². The third-order valence-corrected chi connectivity index (χ3v) is 2.83. The van der Waals surface area contributed by atoms with Crippen LogP contribution in [-0.2, 0) is 0 Å². The zero-order valence-electron chi connectivity index (χ0n) is 5.46. The van der Waals surface area contributed by atoms with Crippen molar-refractivity contribution in [3.8, 4) is 0 Å². The Labute approximate surface area is 55.1 Å². The van der Waals surface area contributed by atoms with Crippen LogP contribution in [0, 0.1) is 11.8 Å². The Bertz CT molecular complexity index is 114. The van der Waals surface area contributed by atoms with E-state index in [1.165, 1.54) is 6.42 Å². The Hall–Kier alpha value is -0.0800. The lowest BCUT2D eigenvalue weighted by atomic mass is 9.94. The molecule has 0 heterocycles. The van der Waals surface area contributed by atoms with E-state index < -0.39 is 0 Å². The van der Waals surface area contributed by atoms with E-state index in [1.54, 1.807) is 0 Å². The van der Waals surface area contributed by atoms with Gasteiger partial charge in [-0.25, -0.2) is 0 Å². The summed E-state index contributed by atoms with van der Waals surface area (Å²) in [6.45, 7) is 0. The molecule has 0 aromatic carbocycles. The second-order valence-corrected chi connectivity index (χ2v) is 3.47. The predicted molar refractivity (Wildman–Crippen MR) is 34.8 cm³/mol. The number of aliphatic hydroxyl groups excluding tert-OH is 1. The highest BCUT2D eigenvalue weighted by atomic mass is 16.3. The van der Waals surface area contributed by atoms with Crippen molar-refractivity contribution in [2.45, 2.75) is 31.4 Å². The molecule has 2 rings (SSSR count). The Morgan fingerprint density at radius 1 is 1.22 bits per heavy atom. The minimum absolute atomic E-state index is 0.0706. The number of hydrogen-bond acceptors (Lipinski definition) is 2. The first-order valence-electron chi connectivity index (χ1n) is 3.71. The monoisotopic (exact) mass is 127 g/mol. The van der Waals surface area contributed by atoms with Crippen LogP contribution < -0.4 is 5.73 Å².